The highest BCUT2D eigenvalue weighted by atomic mass is 32.2. The Kier molecular flexibility index (Phi) is 6.14. The Morgan fingerprint density at radius 2 is 1.28 bits per heavy atom. The molecule has 0 spiro atoms. The van der Waals surface area contributed by atoms with Crippen LogP contribution in [0.3, 0.4) is 0 Å². The lowest BCUT2D eigenvalue weighted by Crippen LogP contribution is -2.11. The summed E-state index contributed by atoms with van der Waals surface area (Å²) in [5.74, 6) is 0.966. The molecule has 0 atom stereocenters. The third-order valence-electron chi connectivity index (χ3n) is 5.08. The first kappa shape index (κ1) is 19.9. The van der Waals surface area contributed by atoms with E-state index in [1.54, 1.807) is 7.11 Å². The molecule has 3 aromatic carbocycles. The first-order chi connectivity index (χ1) is 14.2. The Bertz CT molecular complexity index is 1050. The fraction of sp³-hybridized carbons (Fsp3) is 0.280. The Hall–Kier alpha value is -2.40. The van der Waals surface area contributed by atoms with Crippen LogP contribution in [0.4, 0.5) is 0 Å². The van der Waals surface area contributed by atoms with E-state index < -0.39 is 0 Å². The molecule has 1 aromatic heterocycles. The highest BCUT2D eigenvalue weighted by Crippen LogP contribution is 2.49. The maximum atomic E-state index is 6.04. The Labute approximate surface area is 174 Å². The minimum atomic E-state index is -0.0747. The molecule has 0 saturated heterocycles. The largest absolute Gasteiger partial charge is 0.491 e. The molecule has 0 N–H and O–H groups in total. The smallest absolute Gasteiger partial charge is 0.187 e. The molecular formula is C25H27O3S+. The lowest BCUT2D eigenvalue weighted by Gasteiger charge is -2.12. The van der Waals surface area contributed by atoms with E-state index in [2.05, 4.69) is 74.5 Å². The van der Waals surface area contributed by atoms with Crippen molar-refractivity contribution in [2.75, 3.05) is 33.5 Å². The quantitative estimate of drug-likeness (QED) is 0.250. The van der Waals surface area contributed by atoms with Crippen molar-refractivity contribution < 1.29 is 14.2 Å². The number of hydrogen-bond acceptors (Lipinski definition) is 3. The van der Waals surface area contributed by atoms with Crippen LogP contribution in [-0.4, -0.2) is 33.5 Å². The van der Waals surface area contributed by atoms with Gasteiger partial charge in [-0.1, -0.05) is 24.3 Å². The first-order valence-corrected chi connectivity index (χ1v) is 11.2. The lowest BCUT2D eigenvalue weighted by molar-refractivity contribution is 0.0542. The summed E-state index contributed by atoms with van der Waals surface area (Å²) in [6.45, 7) is 6.58. The standard InChI is InChI=1S/C25H27O3S/c1-18-16-20(17-19(2)25(18)28-15-14-27-13-12-26-3)29-23-10-6-4-8-21(23)22-9-5-7-11-24(22)29/h4-11,16-17H,12-15H2,1-3H3/q+1. The number of fused-ring (bicyclic) bond motifs is 3. The molecule has 4 rings (SSSR count). The van der Waals surface area contributed by atoms with E-state index in [1.165, 1.54) is 36.2 Å². The van der Waals surface area contributed by atoms with Gasteiger partial charge in [-0.2, -0.15) is 0 Å². The van der Waals surface area contributed by atoms with Gasteiger partial charge in [0.2, 0.25) is 0 Å². The summed E-state index contributed by atoms with van der Waals surface area (Å²) < 4.78 is 19.4. The van der Waals surface area contributed by atoms with Crippen molar-refractivity contribution in [3.8, 4) is 10.6 Å². The van der Waals surface area contributed by atoms with Crippen LogP contribution in [-0.2, 0) is 9.47 Å². The molecule has 0 radical (unpaired) electrons. The van der Waals surface area contributed by atoms with Gasteiger partial charge < -0.3 is 14.2 Å². The van der Waals surface area contributed by atoms with Crippen molar-refractivity contribution in [2.24, 2.45) is 0 Å². The summed E-state index contributed by atoms with van der Waals surface area (Å²) in [7, 11) is 1.60. The normalized spacial score (nSPS) is 11.4. The lowest BCUT2D eigenvalue weighted by atomic mass is 10.1. The summed E-state index contributed by atoms with van der Waals surface area (Å²) >= 11 is 0. The molecule has 0 amide bonds. The maximum Gasteiger partial charge on any atom is 0.187 e. The molecule has 0 bridgehead atoms. The average molecular weight is 408 g/mol. The maximum absolute atomic E-state index is 6.04. The molecule has 4 heteroatoms. The third-order valence-corrected chi connectivity index (χ3v) is 7.38. The second-order valence-corrected chi connectivity index (χ2v) is 9.10. The molecule has 0 aliphatic rings. The van der Waals surface area contributed by atoms with Crippen LogP contribution in [0.1, 0.15) is 11.1 Å². The van der Waals surface area contributed by atoms with Crippen molar-refractivity contribution in [1.82, 2.24) is 0 Å². The third kappa shape index (κ3) is 4.01. The molecule has 0 aliphatic carbocycles. The number of methoxy groups -OCH3 is 1. The molecule has 4 aromatic rings. The number of benzene rings is 3. The van der Waals surface area contributed by atoms with Crippen LogP contribution < -0.4 is 4.74 Å². The molecule has 29 heavy (non-hydrogen) atoms. The molecule has 0 unspecified atom stereocenters. The SMILES string of the molecule is COCCOCCOc1c(C)cc(-[s+]2c3ccccc3c3ccccc32)cc1C. The van der Waals surface area contributed by atoms with Gasteiger partial charge in [-0.05, 0) is 49.2 Å². The fourth-order valence-corrected chi connectivity index (χ4v) is 6.37. The molecule has 0 fully saturated rings. The zero-order valence-electron chi connectivity index (χ0n) is 17.2. The predicted molar refractivity (Wildman–Crippen MR) is 123 cm³/mol. The van der Waals surface area contributed by atoms with Crippen LogP contribution in [0, 0.1) is 13.8 Å². The number of ether oxygens (including phenoxy) is 3. The van der Waals surface area contributed by atoms with Crippen LogP contribution in [0.25, 0.3) is 25.1 Å². The van der Waals surface area contributed by atoms with Gasteiger partial charge >= 0.3 is 0 Å². The van der Waals surface area contributed by atoms with E-state index in [0.29, 0.717) is 26.4 Å². The summed E-state index contributed by atoms with van der Waals surface area (Å²) in [4.78, 5) is 1.35. The zero-order chi connectivity index (χ0) is 20.2. The number of hydrogen-bond donors (Lipinski definition) is 0. The van der Waals surface area contributed by atoms with Crippen molar-refractivity contribution in [3.05, 3.63) is 71.8 Å². The van der Waals surface area contributed by atoms with Gasteiger partial charge in [0.25, 0.3) is 0 Å². The monoisotopic (exact) mass is 407 g/mol. The first-order valence-electron chi connectivity index (χ1n) is 9.94. The second-order valence-electron chi connectivity index (χ2n) is 7.14. The molecule has 0 aliphatic heterocycles. The zero-order valence-corrected chi connectivity index (χ0v) is 18.1. The van der Waals surface area contributed by atoms with Crippen molar-refractivity contribution in [2.45, 2.75) is 13.8 Å². The summed E-state index contributed by atoms with van der Waals surface area (Å²) in [6, 6.07) is 22.1. The highest BCUT2D eigenvalue weighted by molar-refractivity contribution is 7.50. The van der Waals surface area contributed by atoms with E-state index in [4.69, 9.17) is 14.2 Å². The highest BCUT2D eigenvalue weighted by Gasteiger charge is 2.24. The van der Waals surface area contributed by atoms with E-state index in [0.717, 1.165) is 5.75 Å². The minimum Gasteiger partial charge on any atom is -0.491 e. The minimum absolute atomic E-state index is 0.0747. The topological polar surface area (TPSA) is 27.7 Å². The van der Waals surface area contributed by atoms with E-state index >= 15 is 0 Å². The van der Waals surface area contributed by atoms with Gasteiger partial charge in [-0.25, -0.2) is 0 Å². The molecule has 150 valence electrons. The van der Waals surface area contributed by atoms with Crippen LogP contribution in [0.15, 0.2) is 60.7 Å². The van der Waals surface area contributed by atoms with Gasteiger partial charge in [-0.3, -0.25) is 0 Å². The predicted octanol–water partition coefficient (Wildman–Crippen LogP) is 6.39. The Morgan fingerprint density at radius 3 is 1.86 bits per heavy atom. The van der Waals surface area contributed by atoms with E-state index in [9.17, 15) is 0 Å². The summed E-state index contributed by atoms with van der Waals surface area (Å²) in [6.07, 6.45) is 0. The molecule has 1 heterocycles. The number of thiophene rings is 1. The van der Waals surface area contributed by atoms with Gasteiger partial charge in [0.1, 0.15) is 12.4 Å². The van der Waals surface area contributed by atoms with Gasteiger partial charge in [0, 0.05) is 40.5 Å². The van der Waals surface area contributed by atoms with Crippen LogP contribution >= 0.6 is 10.5 Å². The molecule has 0 saturated carbocycles. The second kappa shape index (κ2) is 8.95. The Morgan fingerprint density at radius 1 is 0.724 bits per heavy atom. The van der Waals surface area contributed by atoms with Crippen LogP contribution in [0.5, 0.6) is 5.75 Å². The van der Waals surface area contributed by atoms with Gasteiger partial charge in [-0.15, -0.1) is 0 Å². The summed E-state index contributed by atoms with van der Waals surface area (Å²) in [5, 5.41) is 2.71. The summed E-state index contributed by atoms with van der Waals surface area (Å²) in [5.41, 5.74) is 2.34. The Balaban J connectivity index is 1.66. The molecule has 3 nitrogen and oxygen atoms in total. The number of aryl methyl sites for hydroxylation is 2. The van der Waals surface area contributed by atoms with E-state index in [1.807, 2.05) is 0 Å². The van der Waals surface area contributed by atoms with E-state index in [-0.39, 0.29) is 10.5 Å². The van der Waals surface area contributed by atoms with Gasteiger partial charge in [0.05, 0.1) is 19.8 Å². The average Bonchev–Trinajstić information content (AvgIpc) is 3.06. The fourth-order valence-electron chi connectivity index (χ4n) is 3.81. The number of rotatable bonds is 8. The van der Waals surface area contributed by atoms with Crippen molar-refractivity contribution in [1.29, 1.82) is 0 Å². The van der Waals surface area contributed by atoms with Crippen molar-refractivity contribution in [3.63, 3.8) is 0 Å². The van der Waals surface area contributed by atoms with Gasteiger partial charge in [0.15, 0.2) is 14.3 Å². The van der Waals surface area contributed by atoms with Crippen LogP contribution in [0.2, 0.25) is 0 Å². The van der Waals surface area contributed by atoms with Crippen molar-refractivity contribution >= 4 is 30.6 Å². The molecular weight excluding hydrogens is 380 g/mol.